The van der Waals surface area contributed by atoms with Gasteiger partial charge in [0.1, 0.15) is 0 Å². The van der Waals surface area contributed by atoms with Crippen LogP contribution in [0.3, 0.4) is 0 Å². The number of nitrogens with two attached hydrogens (primary N) is 1. The van der Waals surface area contributed by atoms with Gasteiger partial charge in [0.25, 0.3) is 10.0 Å². The second kappa shape index (κ2) is 5.94. The van der Waals surface area contributed by atoms with Gasteiger partial charge in [0.05, 0.1) is 18.1 Å². The predicted octanol–water partition coefficient (Wildman–Crippen LogP) is 1.18. The molecule has 0 bridgehead atoms. The Kier molecular flexibility index (Phi) is 4.00. The van der Waals surface area contributed by atoms with Gasteiger partial charge in [0.15, 0.2) is 0 Å². The number of guanidine groups is 1. The summed E-state index contributed by atoms with van der Waals surface area (Å²) in [5, 5.41) is 1.83. The van der Waals surface area contributed by atoms with E-state index in [9.17, 15) is 8.42 Å². The molecule has 0 amide bonds. The van der Waals surface area contributed by atoms with Crippen molar-refractivity contribution in [2.75, 3.05) is 26.3 Å². The third-order valence-corrected chi connectivity index (χ3v) is 4.84. The molecule has 0 aromatic heterocycles. The summed E-state index contributed by atoms with van der Waals surface area (Å²) < 4.78 is 33.8. The standard InChI is InChI=1S/C15H17N3O3S/c16-15(18-7-9-21-10-8-18)17-22(19,20)14-6-5-12-3-1-2-4-13(12)11-14/h1-6,11H,7-10H2,(H2,16,17). The molecule has 0 saturated carbocycles. The number of morpholine rings is 1. The van der Waals surface area contributed by atoms with Gasteiger partial charge in [-0.25, -0.2) is 0 Å². The smallest absolute Gasteiger partial charge is 0.285 e. The molecule has 0 unspecified atom stereocenters. The number of fused-ring (bicyclic) bond motifs is 1. The normalized spacial score (nSPS) is 16.9. The van der Waals surface area contributed by atoms with E-state index in [2.05, 4.69) is 4.40 Å². The molecule has 0 radical (unpaired) electrons. The molecule has 1 saturated heterocycles. The third kappa shape index (κ3) is 3.05. The van der Waals surface area contributed by atoms with Gasteiger partial charge in [-0.15, -0.1) is 4.40 Å². The quantitative estimate of drug-likeness (QED) is 0.663. The summed E-state index contributed by atoms with van der Waals surface area (Å²) in [7, 11) is -3.82. The van der Waals surface area contributed by atoms with Crippen molar-refractivity contribution in [1.29, 1.82) is 0 Å². The number of nitrogens with zero attached hydrogens (tertiary/aromatic N) is 2. The van der Waals surface area contributed by atoms with E-state index in [0.29, 0.717) is 26.3 Å². The molecule has 7 heteroatoms. The maximum absolute atomic E-state index is 12.4. The first-order valence-electron chi connectivity index (χ1n) is 6.98. The van der Waals surface area contributed by atoms with Gasteiger partial charge in [-0.3, -0.25) is 0 Å². The number of rotatable bonds is 2. The van der Waals surface area contributed by atoms with Crippen molar-refractivity contribution in [2.24, 2.45) is 10.1 Å². The average Bonchev–Trinajstić information content (AvgIpc) is 2.55. The molecule has 1 aliphatic heterocycles. The van der Waals surface area contributed by atoms with E-state index in [1.807, 2.05) is 24.3 Å². The summed E-state index contributed by atoms with van der Waals surface area (Å²) in [6, 6.07) is 12.5. The second-order valence-electron chi connectivity index (χ2n) is 5.03. The fraction of sp³-hybridized carbons (Fsp3) is 0.267. The summed E-state index contributed by atoms with van der Waals surface area (Å²) in [4.78, 5) is 1.85. The molecule has 0 atom stereocenters. The van der Waals surface area contributed by atoms with Crippen LogP contribution in [0.4, 0.5) is 0 Å². The Morgan fingerprint density at radius 3 is 2.50 bits per heavy atom. The Labute approximate surface area is 129 Å². The van der Waals surface area contributed by atoms with Crippen molar-refractivity contribution in [2.45, 2.75) is 4.90 Å². The van der Waals surface area contributed by atoms with Crippen LogP contribution in [-0.2, 0) is 14.8 Å². The van der Waals surface area contributed by atoms with Crippen molar-refractivity contribution in [1.82, 2.24) is 4.90 Å². The molecule has 2 aromatic rings. The summed E-state index contributed by atoms with van der Waals surface area (Å²) >= 11 is 0. The zero-order valence-electron chi connectivity index (χ0n) is 12.0. The van der Waals surface area contributed by atoms with Gasteiger partial charge in [0, 0.05) is 13.1 Å². The Morgan fingerprint density at radius 1 is 1.09 bits per heavy atom. The molecule has 2 N–H and O–H groups in total. The van der Waals surface area contributed by atoms with Crippen LogP contribution in [0.2, 0.25) is 0 Å². The van der Waals surface area contributed by atoms with Crippen LogP contribution in [0.25, 0.3) is 10.8 Å². The number of benzene rings is 2. The largest absolute Gasteiger partial charge is 0.378 e. The van der Waals surface area contributed by atoms with Crippen molar-refractivity contribution in [3.63, 3.8) is 0 Å². The van der Waals surface area contributed by atoms with Crippen LogP contribution in [-0.4, -0.2) is 45.6 Å². The zero-order chi connectivity index (χ0) is 15.6. The van der Waals surface area contributed by atoms with Crippen molar-refractivity contribution in [3.8, 4) is 0 Å². The molecular weight excluding hydrogens is 302 g/mol. The molecule has 0 aliphatic carbocycles. The predicted molar refractivity (Wildman–Crippen MR) is 85.1 cm³/mol. The Balaban J connectivity index is 1.93. The van der Waals surface area contributed by atoms with Gasteiger partial charge in [-0.05, 0) is 22.9 Å². The summed E-state index contributed by atoms with van der Waals surface area (Å²) in [5.41, 5.74) is 5.83. The van der Waals surface area contributed by atoms with E-state index < -0.39 is 10.0 Å². The van der Waals surface area contributed by atoms with Gasteiger partial charge in [-0.1, -0.05) is 30.3 Å². The minimum absolute atomic E-state index is 0.0106. The average molecular weight is 319 g/mol. The van der Waals surface area contributed by atoms with E-state index in [0.717, 1.165) is 10.8 Å². The highest BCUT2D eigenvalue weighted by atomic mass is 32.2. The monoisotopic (exact) mass is 319 g/mol. The molecule has 3 rings (SSSR count). The maximum atomic E-state index is 12.4. The van der Waals surface area contributed by atoms with E-state index in [-0.39, 0.29) is 10.9 Å². The number of hydrogen-bond donors (Lipinski definition) is 1. The number of hydrogen-bond acceptors (Lipinski definition) is 3. The van der Waals surface area contributed by atoms with E-state index >= 15 is 0 Å². The van der Waals surface area contributed by atoms with Crippen molar-refractivity contribution >= 4 is 26.8 Å². The second-order valence-corrected chi connectivity index (χ2v) is 6.64. The number of sulfonamides is 1. The van der Waals surface area contributed by atoms with Crippen molar-refractivity contribution < 1.29 is 13.2 Å². The molecule has 1 fully saturated rings. The Morgan fingerprint density at radius 2 is 1.77 bits per heavy atom. The highest BCUT2D eigenvalue weighted by molar-refractivity contribution is 7.90. The topological polar surface area (TPSA) is 85.0 Å². The molecule has 1 heterocycles. The fourth-order valence-electron chi connectivity index (χ4n) is 2.35. The van der Waals surface area contributed by atoms with Crippen LogP contribution in [0.15, 0.2) is 51.8 Å². The van der Waals surface area contributed by atoms with Crippen LogP contribution in [0, 0.1) is 0 Å². The lowest BCUT2D eigenvalue weighted by Crippen LogP contribution is -2.45. The van der Waals surface area contributed by atoms with E-state index in [4.69, 9.17) is 10.5 Å². The van der Waals surface area contributed by atoms with Crippen LogP contribution in [0.5, 0.6) is 0 Å². The molecular formula is C15H17N3O3S. The molecule has 2 aromatic carbocycles. The summed E-state index contributed by atoms with van der Waals surface area (Å²) in [5.74, 6) is 0.0106. The molecule has 6 nitrogen and oxygen atoms in total. The van der Waals surface area contributed by atoms with E-state index in [1.165, 1.54) is 0 Å². The lowest BCUT2D eigenvalue weighted by molar-refractivity contribution is 0.0676. The van der Waals surface area contributed by atoms with Gasteiger partial charge in [0.2, 0.25) is 5.96 Å². The highest BCUT2D eigenvalue weighted by Crippen LogP contribution is 2.20. The first kappa shape index (κ1) is 14.8. The maximum Gasteiger partial charge on any atom is 0.285 e. The first-order chi connectivity index (χ1) is 10.6. The minimum Gasteiger partial charge on any atom is -0.378 e. The van der Waals surface area contributed by atoms with E-state index in [1.54, 1.807) is 23.1 Å². The lowest BCUT2D eigenvalue weighted by Gasteiger charge is -2.27. The molecule has 116 valence electrons. The number of ether oxygens (including phenoxy) is 1. The van der Waals surface area contributed by atoms with Crippen molar-refractivity contribution in [3.05, 3.63) is 42.5 Å². The Bertz CT molecular complexity index is 812. The molecule has 1 aliphatic rings. The van der Waals surface area contributed by atoms with Gasteiger partial charge in [-0.2, -0.15) is 8.42 Å². The lowest BCUT2D eigenvalue weighted by atomic mass is 10.1. The minimum atomic E-state index is -3.82. The van der Waals surface area contributed by atoms with Gasteiger partial charge >= 0.3 is 0 Å². The van der Waals surface area contributed by atoms with Crippen LogP contribution < -0.4 is 5.73 Å². The Hall–Kier alpha value is -2.12. The van der Waals surface area contributed by atoms with Gasteiger partial charge < -0.3 is 15.4 Å². The van der Waals surface area contributed by atoms with Crippen LogP contribution in [0.1, 0.15) is 0 Å². The fourth-order valence-corrected chi connectivity index (χ4v) is 3.34. The first-order valence-corrected chi connectivity index (χ1v) is 8.42. The third-order valence-electron chi connectivity index (χ3n) is 3.57. The summed E-state index contributed by atoms with van der Waals surface area (Å²) in [6.07, 6.45) is 0. The summed E-state index contributed by atoms with van der Waals surface area (Å²) in [6.45, 7) is 2.13. The van der Waals surface area contributed by atoms with Crippen LogP contribution >= 0.6 is 0 Å². The molecule has 22 heavy (non-hydrogen) atoms. The SMILES string of the molecule is N/C(=N/S(=O)(=O)c1ccc2ccccc2c1)N1CCOCC1. The molecule has 0 spiro atoms. The highest BCUT2D eigenvalue weighted by Gasteiger charge is 2.18. The zero-order valence-corrected chi connectivity index (χ0v) is 12.8.